The van der Waals surface area contributed by atoms with Crippen molar-refractivity contribution in [3.05, 3.63) is 82.9 Å². The van der Waals surface area contributed by atoms with E-state index in [0.29, 0.717) is 36.8 Å². The van der Waals surface area contributed by atoms with Crippen molar-refractivity contribution in [3.63, 3.8) is 0 Å². The van der Waals surface area contributed by atoms with Gasteiger partial charge in [-0.3, -0.25) is 4.79 Å². The second-order valence-corrected chi connectivity index (χ2v) is 8.59. The first-order chi connectivity index (χ1) is 16.3. The van der Waals surface area contributed by atoms with Crippen LogP contribution in [0, 0.1) is 0 Å². The Hall–Kier alpha value is -3.67. The molecule has 0 bridgehead atoms. The first-order valence-corrected chi connectivity index (χ1v) is 11.4. The predicted molar refractivity (Wildman–Crippen MR) is 122 cm³/mol. The number of hydrogen-bond acceptors (Lipinski definition) is 5. The fourth-order valence-corrected chi connectivity index (χ4v) is 4.95. The Bertz CT molecular complexity index is 1210. The van der Waals surface area contributed by atoms with Gasteiger partial charge in [-0.2, -0.15) is 0 Å². The van der Waals surface area contributed by atoms with E-state index in [4.69, 9.17) is 18.9 Å². The molecule has 1 unspecified atom stereocenters. The Morgan fingerprint density at radius 1 is 0.848 bits per heavy atom. The molecule has 33 heavy (non-hydrogen) atoms. The highest BCUT2D eigenvalue weighted by Crippen LogP contribution is 2.39. The molecule has 1 amide bonds. The number of amides is 1. The van der Waals surface area contributed by atoms with E-state index in [1.807, 2.05) is 35.2 Å². The van der Waals surface area contributed by atoms with Crippen LogP contribution < -0.4 is 18.9 Å². The van der Waals surface area contributed by atoms with Crippen LogP contribution in [-0.4, -0.2) is 30.8 Å². The molecule has 6 rings (SSSR count). The van der Waals surface area contributed by atoms with Crippen LogP contribution in [0.3, 0.4) is 0 Å². The summed E-state index contributed by atoms with van der Waals surface area (Å²) in [5.74, 6) is 2.75. The standard InChI is InChI=1S/C27H25NO5/c29-27(20-9-11-24-26(15-20)33-17-32-24)28(22-7-3-5-19-4-1-2-6-21(19)22)16-18-8-10-23-25(14-18)31-13-12-30-23/h1-2,4,6,8-11,14-15,22H,3,5,7,12-13,16-17H2. The van der Waals surface area contributed by atoms with Crippen LogP contribution in [0.5, 0.6) is 23.0 Å². The molecular weight excluding hydrogens is 418 g/mol. The molecule has 0 N–H and O–H groups in total. The summed E-state index contributed by atoms with van der Waals surface area (Å²) in [6, 6.07) is 19.8. The summed E-state index contributed by atoms with van der Waals surface area (Å²) in [5, 5.41) is 0. The van der Waals surface area contributed by atoms with Crippen molar-refractivity contribution in [1.82, 2.24) is 4.90 Å². The highest BCUT2D eigenvalue weighted by molar-refractivity contribution is 5.95. The molecule has 2 heterocycles. The molecule has 168 valence electrons. The molecule has 0 radical (unpaired) electrons. The number of benzene rings is 3. The molecule has 1 aliphatic carbocycles. The van der Waals surface area contributed by atoms with Crippen LogP contribution in [0.15, 0.2) is 60.7 Å². The summed E-state index contributed by atoms with van der Waals surface area (Å²) in [4.78, 5) is 15.9. The highest BCUT2D eigenvalue weighted by atomic mass is 16.7. The van der Waals surface area contributed by atoms with E-state index >= 15 is 0 Å². The number of rotatable bonds is 4. The summed E-state index contributed by atoms with van der Waals surface area (Å²) < 4.78 is 22.4. The number of fused-ring (bicyclic) bond motifs is 3. The molecule has 1 atom stereocenters. The third kappa shape index (κ3) is 3.75. The van der Waals surface area contributed by atoms with Gasteiger partial charge >= 0.3 is 0 Å². The third-order valence-electron chi connectivity index (χ3n) is 6.55. The zero-order chi connectivity index (χ0) is 22.2. The maximum atomic E-state index is 13.9. The second kappa shape index (κ2) is 8.35. The maximum absolute atomic E-state index is 13.9. The highest BCUT2D eigenvalue weighted by Gasteiger charge is 2.31. The van der Waals surface area contributed by atoms with Gasteiger partial charge in [0.1, 0.15) is 13.2 Å². The topological polar surface area (TPSA) is 57.2 Å². The SMILES string of the molecule is O=C(c1ccc2c(c1)OCO2)N(Cc1ccc2c(c1)OCCO2)C1CCCc2ccccc21. The van der Waals surface area contributed by atoms with Gasteiger partial charge in [0.05, 0.1) is 6.04 Å². The van der Waals surface area contributed by atoms with Crippen LogP contribution >= 0.6 is 0 Å². The molecule has 2 aliphatic heterocycles. The summed E-state index contributed by atoms with van der Waals surface area (Å²) in [6.45, 7) is 1.75. The summed E-state index contributed by atoms with van der Waals surface area (Å²) in [7, 11) is 0. The van der Waals surface area contributed by atoms with E-state index in [-0.39, 0.29) is 18.7 Å². The number of nitrogens with zero attached hydrogens (tertiary/aromatic N) is 1. The lowest BCUT2D eigenvalue weighted by Gasteiger charge is -2.36. The van der Waals surface area contributed by atoms with Crippen molar-refractivity contribution in [2.75, 3.05) is 20.0 Å². The number of carbonyl (C=O) groups excluding carboxylic acids is 1. The summed E-state index contributed by atoms with van der Waals surface area (Å²) in [6.07, 6.45) is 3.02. The quantitative estimate of drug-likeness (QED) is 0.574. The van der Waals surface area contributed by atoms with E-state index in [1.165, 1.54) is 11.1 Å². The molecule has 0 spiro atoms. The zero-order valence-electron chi connectivity index (χ0n) is 18.3. The minimum atomic E-state index is -0.0232. The van der Waals surface area contributed by atoms with Crippen molar-refractivity contribution in [2.24, 2.45) is 0 Å². The molecule has 3 aliphatic rings. The smallest absolute Gasteiger partial charge is 0.254 e. The van der Waals surface area contributed by atoms with E-state index in [0.717, 1.165) is 36.3 Å². The molecule has 0 saturated carbocycles. The predicted octanol–water partition coefficient (Wildman–Crippen LogP) is 4.91. The number of hydrogen-bond donors (Lipinski definition) is 0. The first kappa shape index (κ1) is 20.0. The van der Waals surface area contributed by atoms with Gasteiger partial charge in [0.15, 0.2) is 23.0 Å². The van der Waals surface area contributed by atoms with Gasteiger partial charge in [-0.15, -0.1) is 0 Å². The largest absolute Gasteiger partial charge is 0.486 e. The van der Waals surface area contributed by atoms with Crippen LogP contribution in [0.25, 0.3) is 0 Å². The Labute approximate surface area is 192 Å². The second-order valence-electron chi connectivity index (χ2n) is 8.59. The van der Waals surface area contributed by atoms with Crippen molar-refractivity contribution in [3.8, 4) is 23.0 Å². The van der Waals surface area contributed by atoms with Crippen molar-refractivity contribution < 1.29 is 23.7 Å². The van der Waals surface area contributed by atoms with Gasteiger partial charge in [0, 0.05) is 12.1 Å². The third-order valence-corrected chi connectivity index (χ3v) is 6.55. The molecular formula is C27H25NO5. The Kier molecular flexibility index (Phi) is 5.06. The van der Waals surface area contributed by atoms with Crippen LogP contribution in [0.2, 0.25) is 0 Å². The number of ether oxygens (including phenoxy) is 4. The van der Waals surface area contributed by atoms with E-state index in [1.54, 1.807) is 6.07 Å². The van der Waals surface area contributed by atoms with E-state index in [2.05, 4.69) is 24.3 Å². The van der Waals surface area contributed by atoms with Crippen LogP contribution in [-0.2, 0) is 13.0 Å². The van der Waals surface area contributed by atoms with Crippen molar-refractivity contribution >= 4 is 5.91 Å². The van der Waals surface area contributed by atoms with Crippen LogP contribution in [0.1, 0.15) is 45.9 Å². The molecule has 3 aromatic carbocycles. The molecule has 3 aromatic rings. The first-order valence-electron chi connectivity index (χ1n) is 11.4. The van der Waals surface area contributed by atoms with Gasteiger partial charge in [0.25, 0.3) is 5.91 Å². The average molecular weight is 443 g/mol. The molecule has 0 saturated heterocycles. The lowest BCUT2D eigenvalue weighted by Crippen LogP contribution is -2.36. The van der Waals surface area contributed by atoms with E-state index in [9.17, 15) is 4.79 Å². The van der Waals surface area contributed by atoms with Gasteiger partial charge in [-0.1, -0.05) is 30.3 Å². The van der Waals surface area contributed by atoms with Crippen molar-refractivity contribution in [2.45, 2.75) is 31.8 Å². The van der Waals surface area contributed by atoms with Crippen LogP contribution in [0.4, 0.5) is 0 Å². The zero-order valence-corrected chi connectivity index (χ0v) is 18.3. The Morgan fingerprint density at radius 2 is 1.61 bits per heavy atom. The van der Waals surface area contributed by atoms with Gasteiger partial charge < -0.3 is 23.8 Å². The van der Waals surface area contributed by atoms with E-state index < -0.39 is 0 Å². The fourth-order valence-electron chi connectivity index (χ4n) is 4.95. The lowest BCUT2D eigenvalue weighted by molar-refractivity contribution is 0.0637. The molecule has 0 fully saturated rings. The Balaban J connectivity index is 1.38. The summed E-state index contributed by atoms with van der Waals surface area (Å²) >= 11 is 0. The van der Waals surface area contributed by atoms with Gasteiger partial charge in [0.2, 0.25) is 6.79 Å². The fraction of sp³-hybridized carbons (Fsp3) is 0.296. The molecule has 6 nitrogen and oxygen atoms in total. The minimum absolute atomic E-state index is 0.000994. The summed E-state index contributed by atoms with van der Waals surface area (Å²) in [5.41, 5.74) is 4.16. The van der Waals surface area contributed by atoms with Crippen molar-refractivity contribution in [1.29, 1.82) is 0 Å². The number of carbonyl (C=O) groups is 1. The lowest BCUT2D eigenvalue weighted by atomic mass is 9.86. The van der Waals surface area contributed by atoms with Gasteiger partial charge in [-0.05, 0) is 66.3 Å². The average Bonchev–Trinajstić information content (AvgIpc) is 3.34. The number of aryl methyl sites for hydroxylation is 1. The normalized spacial score (nSPS) is 17.9. The minimum Gasteiger partial charge on any atom is -0.486 e. The maximum Gasteiger partial charge on any atom is 0.254 e. The molecule has 0 aromatic heterocycles. The Morgan fingerprint density at radius 3 is 2.55 bits per heavy atom. The van der Waals surface area contributed by atoms with Gasteiger partial charge in [-0.25, -0.2) is 0 Å². The monoisotopic (exact) mass is 443 g/mol. The molecule has 6 heteroatoms.